The molecule has 1 aliphatic heterocycles. The maximum atomic E-state index is 9.03. The summed E-state index contributed by atoms with van der Waals surface area (Å²) in [6.07, 6.45) is 5.65. The van der Waals surface area contributed by atoms with Crippen molar-refractivity contribution < 1.29 is 14.6 Å². The van der Waals surface area contributed by atoms with Crippen molar-refractivity contribution in [1.29, 1.82) is 0 Å². The summed E-state index contributed by atoms with van der Waals surface area (Å²) in [6, 6.07) is 5.02. The van der Waals surface area contributed by atoms with Gasteiger partial charge in [-0.3, -0.25) is 4.90 Å². The zero-order valence-electron chi connectivity index (χ0n) is 15.9. The fourth-order valence-electron chi connectivity index (χ4n) is 4.54. The Morgan fingerprint density at radius 1 is 1.32 bits per heavy atom. The first-order valence-electron chi connectivity index (χ1n) is 9.65. The molecule has 0 unspecified atom stereocenters. The molecule has 4 nitrogen and oxygen atoms in total. The van der Waals surface area contributed by atoms with Gasteiger partial charge in [-0.2, -0.15) is 0 Å². The van der Waals surface area contributed by atoms with Gasteiger partial charge >= 0.3 is 0 Å². The van der Waals surface area contributed by atoms with Gasteiger partial charge in [0.2, 0.25) is 0 Å². The Hall–Kier alpha value is -0.460. The lowest BCUT2D eigenvalue weighted by atomic mass is 9.79. The minimum absolute atomic E-state index is 0.00288. The van der Waals surface area contributed by atoms with E-state index in [1.54, 1.807) is 0 Å². The number of thiophene rings is 1. The SMILES string of the molecule is CO[C@@]12CC[C@H](OCCO)C[C@@H]1N(Cc1ccc(CC(C)C)s1)CC2. The molecule has 0 amide bonds. The number of hydrogen-bond donors (Lipinski definition) is 1. The van der Waals surface area contributed by atoms with Crippen LogP contribution in [0, 0.1) is 5.92 Å². The summed E-state index contributed by atoms with van der Waals surface area (Å²) < 4.78 is 11.9. The molecule has 1 saturated heterocycles. The third-order valence-corrected chi connectivity index (χ3v) is 6.88. The Balaban J connectivity index is 1.65. The third-order valence-electron chi connectivity index (χ3n) is 5.78. The van der Waals surface area contributed by atoms with Gasteiger partial charge in [0, 0.05) is 36.0 Å². The molecule has 142 valence electrons. The quantitative estimate of drug-likeness (QED) is 0.764. The molecule has 1 aliphatic carbocycles. The largest absolute Gasteiger partial charge is 0.394 e. The molecule has 0 spiro atoms. The van der Waals surface area contributed by atoms with E-state index in [0.717, 1.165) is 38.8 Å². The normalized spacial score (nSPS) is 30.1. The summed E-state index contributed by atoms with van der Waals surface area (Å²) in [6.45, 7) is 7.23. The lowest BCUT2D eigenvalue weighted by Crippen LogP contribution is -2.51. The summed E-state index contributed by atoms with van der Waals surface area (Å²) in [5.41, 5.74) is -0.00288. The van der Waals surface area contributed by atoms with Crippen molar-refractivity contribution in [3.8, 4) is 0 Å². The molecule has 0 aromatic carbocycles. The highest BCUT2D eigenvalue weighted by Crippen LogP contribution is 2.44. The van der Waals surface area contributed by atoms with E-state index in [1.807, 2.05) is 18.4 Å². The van der Waals surface area contributed by atoms with Crippen molar-refractivity contribution in [2.45, 2.75) is 70.2 Å². The molecule has 0 radical (unpaired) electrons. The third kappa shape index (κ3) is 4.45. The van der Waals surface area contributed by atoms with Crippen LogP contribution >= 0.6 is 11.3 Å². The maximum Gasteiger partial charge on any atom is 0.0847 e. The molecule has 5 heteroatoms. The molecule has 1 N–H and O–H groups in total. The number of hydrogen-bond acceptors (Lipinski definition) is 5. The van der Waals surface area contributed by atoms with Crippen LogP contribution in [0.15, 0.2) is 12.1 Å². The number of methoxy groups -OCH3 is 1. The summed E-state index contributed by atoms with van der Waals surface area (Å²) in [5, 5.41) is 9.03. The minimum atomic E-state index is -0.00288. The van der Waals surface area contributed by atoms with Crippen LogP contribution in [0.3, 0.4) is 0 Å². The summed E-state index contributed by atoms with van der Waals surface area (Å²) >= 11 is 1.96. The Kier molecular flexibility index (Phi) is 6.55. The average molecular weight is 368 g/mol. The van der Waals surface area contributed by atoms with Crippen molar-refractivity contribution in [2.24, 2.45) is 5.92 Å². The van der Waals surface area contributed by atoms with Crippen LogP contribution in [0.4, 0.5) is 0 Å². The van der Waals surface area contributed by atoms with Crippen molar-refractivity contribution in [3.63, 3.8) is 0 Å². The lowest BCUT2D eigenvalue weighted by Gasteiger charge is -2.43. The number of rotatable bonds is 8. The topological polar surface area (TPSA) is 41.9 Å². The first-order valence-corrected chi connectivity index (χ1v) is 10.5. The van der Waals surface area contributed by atoms with Crippen LogP contribution in [0.2, 0.25) is 0 Å². The predicted molar refractivity (Wildman–Crippen MR) is 102 cm³/mol. The number of ether oxygens (including phenoxy) is 2. The van der Waals surface area contributed by atoms with Crippen molar-refractivity contribution in [2.75, 3.05) is 26.9 Å². The van der Waals surface area contributed by atoms with E-state index in [1.165, 1.54) is 16.2 Å². The second-order valence-electron chi connectivity index (χ2n) is 7.96. The number of aliphatic hydroxyl groups excluding tert-OH is 1. The lowest BCUT2D eigenvalue weighted by molar-refractivity contribution is -0.104. The minimum Gasteiger partial charge on any atom is -0.394 e. The van der Waals surface area contributed by atoms with Crippen LogP contribution in [-0.2, 0) is 22.4 Å². The Morgan fingerprint density at radius 2 is 2.12 bits per heavy atom. The molecule has 3 rings (SSSR count). The Morgan fingerprint density at radius 3 is 2.84 bits per heavy atom. The van der Waals surface area contributed by atoms with Gasteiger partial charge in [-0.25, -0.2) is 0 Å². The number of nitrogens with zero attached hydrogens (tertiary/aromatic N) is 1. The summed E-state index contributed by atoms with van der Waals surface area (Å²) in [7, 11) is 1.87. The van der Waals surface area contributed by atoms with Gasteiger partial charge in [0.25, 0.3) is 0 Å². The van der Waals surface area contributed by atoms with E-state index in [-0.39, 0.29) is 18.3 Å². The molecule has 2 fully saturated rings. The zero-order valence-corrected chi connectivity index (χ0v) is 16.7. The van der Waals surface area contributed by atoms with Gasteiger partial charge in [-0.05, 0) is 50.2 Å². The number of likely N-dealkylation sites (tertiary alicyclic amines) is 1. The second-order valence-corrected chi connectivity index (χ2v) is 9.21. The van der Waals surface area contributed by atoms with E-state index >= 15 is 0 Å². The van der Waals surface area contributed by atoms with Crippen LogP contribution in [-0.4, -0.2) is 54.6 Å². The van der Waals surface area contributed by atoms with Crippen LogP contribution in [0.5, 0.6) is 0 Å². The zero-order chi connectivity index (χ0) is 17.9. The van der Waals surface area contributed by atoms with E-state index in [4.69, 9.17) is 14.6 Å². The second kappa shape index (κ2) is 8.49. The van der Waals surface area contributed by atoms with Crippen LogP contribution in [0.1, 0.15) is 49.3 Å². The van der Waals surface area contributed by atoms with E-state index in [0.29, 0.717) is 18.6 Å². The number of aliphatic hydroxyl groups is 1. The molecule has 3 atom stereocenters. The maximum absolute atomic E-state index is 9.03. The molecular weight excluding hydrogens is 334 g/mol. The fraction of sp³-hybridized carbons (Fsp3) is 0.800. The highest BCUT2D eigenvalue weighted by Gasteiger charge is 2.51. The van der Waals surface area contributed by atoms with Gasteiger partial charge in [0.05, 0.1) is 24.9 Å². The molecule has 1 aromatic rings. The Labute approximate surface area is 156 Å². The van der Waals surface area contributed by atoms with E-state index in [9.17, 15) is 0 Å². The monoisotopic (exact) mass is 367 g/mol. The van der Waals surface area contributed by atoms with E-state index in [2.05, 4.69) is 30.9 Å². The highest BCUT2D eigenvalue weighted by atomic mass is 32.1. The van der Waals surface area contributed by atoms with Gasteiger partial charge in [0.1, 0.15) is 0 Å². The molecule has 1 aromatic heterocycles. The van der Waals surface area contributed by atoms with Gasteiger partial charge in [0.15, 0.2) is 0 Å². The molecule has 0 bridgehead atoms. The van der Waals surface area contributed by atoms with Crippen molar-refractivity contribution in [3.05, 3.63) is 21.9 Å². The van der Waals surface area contributed by atoms with Gasteiger partial charge in [-0.1, -0.05) is 13.8 Å². The predicted octanol–water partition coefficient (Wildman–Crippen LogP) is 3.47. The number of fused-ring (bicyclic) bond motifs is 1. The van der Waals surface area contributed by atoms with Crippen molar-refractivity contribution >= 4 is 11.3 Å². The molecule has 2 heterocycles. The van der Waals surface area contributed by atoms with Crippen LogP contribution in [0.25, 0.3) is 0 Å². The van der Waals surface area contributed by atoms with E-state index < -0.39 is 0 Å². The Bertz CT molecular complexity index is 547. The van der Waals surface area contributed by atoms with Gasteiger partial charge < -0.3 is 14.6 Å². The average Bonchev–Trinajstić information content (AvgIpc) is 3.18. The first-order chi connectivity index (χ1) is 12.1. The summed E-state index contributed by atoms with van der Waals surface area (Å²) in [4.78, 5) is 5.55. The smallest absolute Gasteiger partial charge is 0.0847 e. The standard InChI is InChI=1S/C20H33NO3S/c1-15(2)12-17-4-5-18(25-17)14-21-9-8-20(23-3)7-6-16(13-19(20)21)24-11-10-22/h4-5,15-16,19,22H,6-14H2,1-3H3/t16-,19-,20+/m0/s1. The van der Waals surface area contributed by atoms with Gasteiger partial charge in [-0.15, -0.1) is 11.3 Å². The van der Waals surface area contributed by atoms with Crippen molar-refractivity contribution in [1.82, 2.24) is 4.90 Å². The molecular formula is C20H33NO3S. The highest BCUT2D eigenvalue weighted by molar-refractivity contribution is 7.11. The molecule has 25 heavy (non-hydrogen) atoms. The van der Waals surface area contributed by atoms with Crippen LogP contribution < -0.4 is 0 Å². The fourth-order valence-corrected chi connectivity index (χ4v) is 5.79. The molecule has 2 aliphatic rings. The molecule has 1 saturated carbocycles. The first kappa shape index (κ1) is 19.3. The summed E-state index contributed by atoms with van der Waals surface area (Å²) in [5.74, 6) is 0.710.